The lowest BCUT2D eigenvalue weighted by atomic mass is 9.95. The van der Waals surface area contributed by atoms with Crippen LogP contribution in [0.1, 0.15) is 41.0 Å². The van der Waals surface area contributed by atoms with E-state index in [-0.39, 0.29) is 5.78 Å². The number of carbonyl (C=O) groups excluding carboxylic acids is 1. The molecule has 1 aliphatic rings. The highest BCUT2D eigenvalue weighted by Gasteiger charge is 2.08. The minimum atomic E-state index is 0.0320. The standard InChI is InChI=1S/C16H18O.2C2H6/c1-4-7-14(5-2)10-11-16(17)15-9-6-8-13(3)12-15;2*1-2/h4-7,9-13H,1-2,8H2,3H3;2*1-2H3/b11-10+,14-7+;;. The molecule has 0 fully saturated rings. The third-order valence-electron chi connectivity index (χ3n) is 2.53. The van der Waals surface area contributed by atoms with Gasteiger partial charge in [-0.15, -0.1) is 0 Å². The van der Waals surface area contributed by atoms with E-state index >= 15 is 0 Å². The fourth-order valence-electron chi connectivity index (χ4n) is 1.60. The zero-order chi connectivity index (χ0) is 16.7. The molecule has 21 heavy (non-hydrogen) atoms. The van der Waals surface area contributed by atoms with Gasteiger partial charge in [-0.25, -0.2) is 0 Å². The van der Waals surface area contributed by atoms with Crippen LogP contribution in [0.15, 0.2) is 72.9 Å². The van der Waals surface area contributed by atoms with Gasteiger partial charge in [-0.05, 0) is 24.0 Å². The first-order valence-electron chi connectivity index (χ1n) is 7.73. The molecule has 0 saturated carbocycles. The van der Waals surface area contributed by atoms with Crippen molar-refractivity contribution in [3.05, 3.63) is 72.9 Å². The molecule has 0 radical (unpaired) electrons. The zero-order valence-corrected chi connectivity index (χ0v) is 14.2. The smallest absolute Gasteiger partial charge is 0.185 e. The molecule has 1 unspecified atom stereocenters. The summed E-state index contributed by atoms with van der Waals surface area (Å²) in [5.74, 6) is 0.472. The fraction of sp³-hybridized carbons (Fsp3) is 0.350. The van der Waals surface area contributed by atoms with E-state index in [0.717, 1.165) is 17.6 Å². The number of hydrogen-bond acceptors (Lipinski definition) is 1. The quantitative estimate of drug-likeness (QED) is 0.448. The summed E-state index contributed by atoms with van der Waals surface area (Å²) in [7, 11) is 0. The van der Waals surface area contributed by atoms with Crippen LogP contribution in [-0.2, 0) is 4.79 Å². The minimum Gasteiger partial charge on any atom is -0.289 e. The molecule has 0 bridgehead atoms. The highest BCUT2D eigenvalue weighted by molar-refractivity contribution is 6.06. The van der Waals surface area contributed by atoms with Crippen molar-refractivity contribution in [2.24, 2.45) is 5.92 Å². The van der Waals surface area contributed by atoms with Crippen LogP contribution in [0.3, 0.4) is 0 Å². The van der Waals surface area contributed by atoms with E-state index < -0.39 is 0 Å². The van der Waals surface area contributed by atoms with Gasteiger partial charge in [-0.3, -0.25) is 4.79 Å². The van der Waals surface area contributed by atoms with E-state index in [1.54, 1.807) is 24.3 Å². The summed E-state index contributed by atoms with van der Waals surface area (Å²) in [6.45, 7) is 17.4. The Kier molecular flexibility index (Phi) is 14.8. The van der Waals surface area contributed by atoms with E-state index in [1.807, 2.05) is 52.0 Å². The largest absolute Gasteiger partial charge is 0.289 e. The highest BCUT2D eigenvalue weighted by atomic mass is 16.1. The summed E-state index contributed by atoms with van der Waals surface area (Å²) in [6, 6.07) is 0. The van der Waals surface area contributed by atoms with E-state index in [0.29, 0.717) is 5.92 Å². The molecular formula is C20H30O. The number of rotatable bonds is 5. The number of allylic oxidation sites excluding steroid dienone is 10. The van der Waals surface area contributed by atoms with Crippen molar-refractivity contribution in [3.63, 3.8) is 0 Å². The van der Waals surface area contributed by atoms with Crippen molar-refractivity contribution < 1.29 is 4.79 Å². The molecule has 0 aromatic rings. The molecule has 1 nitrogen and oxygen atoms in total. The summed E-state index contributed by atoms with van der Waals surface area (Å²) in [5, 5.41) is 0. The van der Waals surface area contributed by atoms with Gasteiger partial charge < -0.3 is 0 Å². The van der Waals surface area contributed by atoms with Gasteiger partial charge in [0.2, 0.25) is 0 Å². The topological polar surface area (TPSA) is 17.1 Å². The van der Waals surface area contributed by atoms with Gasteiger partial charge in [-0.1, -0.05) is 90.3 Å². The SMILES string of the molecule is C=C/C=C(C=C)/C=C/C(=O)C1=CC(C)CC=C1.CC.CC. The molecule has 0 aromatic heterocycles. The third-order valence-corrected chi connectivity index (χ3v) is 2.53. The van der Waals surface area contributed by atoms with E-state index in [2.05, 4.69) is 20.1 Å². The summed E-state index contributed by atoms with van der Waals surface area (Å²) >= 11 is 0. The van der Waals surface area contributed by atoms with Crippen LogP contribution in [0.4, 0.5) is 0 Å². The van der Waals surface area contributed by atoms with Crippen molar-refractivity contribution in [2.45, 2.75) is 41.0 Å². The Morgan fingerprint density at radius 3 is 2.29 bits per heavy atom. The van der Waals surface area contributed by atoms with Crippen molar-refractivity contribution in [2.75, 3.05) is 0 Å². The maximum absolute atomic E-state index is 11.9. The Balaban J connectivity index is 0. The Morgan fingerprint density at radius 2 is 1.81 bits per heavy atom. The van der Waals surface area contributed by atoms with E-state index in [9.17, 15) is 4.79 Å². The predicted molar refractivity (Wildman–Crippen MR) is 96.3 cm³/mol. The van der Waals surface area contributed by atoms with Crippen molar-refractivity contribution >= 4 is 5.78 Å². The van der Waals surface area contributed by atoms with Gasteiger partial charge in [0, 0.05) is 5.57 Å². The van der Waals surface area contributed by atoms with Crippen LogP contribution >= 0.6 is 0 Å². The van der Waals surface area contributed by atoms with Crippen LogP contribution in [0.5, 0.6) is 0 Å². The average molecular weight is 286 g/mol. The highest BCUT2D eigenvalue weighted by Crippen LogP contribution is 2.17. The molecule has 1 rings (SSSR count). The zero-order valence-electron chi connectivity index (χ0n) is 14.2. The molecule has 0 amide bonds. The van der Waals surface area contributed by atoms with Crippen LogP contribution in [-0.4, -0.2) is 5.78 Å². The molecule has 0 aromatic carbocycles. The fourth-order valence-corrected chi connectivity index (χ4v) is 1.60. The van der Waals surface area contributed by atoms with Crippen LogP contribution in [0, 0.1) is 5.92 Å². The average Bonchev–Trinajstić information content (AvgIpc) is 2.55. The first-order valence-corrected chi connectivity index (χ1v) is 7.73. The van der Waals surface area contributed by atoms with Gasteiger partial charge in [0.1, 0.15) is 0 Å². The number of hydrogen-bond donors (Lipinski definition) is 0. The Hall–Kier alpha value is -1.89. The molecule has 116 valence electrons. The van der Waals surface area contributed by atoms with E-state index in [4.69, 9.17) is 0 Å². The Bertz CT molecular complexity index is 431. The van der Waals surface area contributed by atoms with Gasteiger partial charge in [0.15, 0.2) is 5.78 Å². The van der Waals surface area contributed by atoms with Crippen molar-refractivity contribution in [1.82, 2.24) is 0 Å². The predicted octanol–water partition coefficient (Wildman–Crippen LogP) is 5.98. The maximum atomic E-state index is 11.9. The molecule has 0 N–H and O–H groups in total. The molecule has 0 spiro atoms. The monoisotopic (exact) mass is 286 g/mol. The Morgan fingerprint density at radius 1 is 1.19 bits per heavy atom. The number of carbonyl (C=O) groups is 1. The normalized spacial score (nSPS) is 16.9. The second-order valence-corrected chi connectivity index (χ2v) is 4.04. The van der Waals surface area contributed by atoms with Gasteiger partial charge in [0.25, 0.3) is 0 Å². The molecular weight excluding hydrogens is 256 g/mol. The van der Waals surface area contributed by atoms with Crippen molar-refractivity contribution in [1.29, 1.82) is 0 Å². The van der Waals surface area contributed by atoms with Crippen LogP contribution < -0.4 is 0 Å². The lowest BCUT2D eigenvalue weighted by molar-refractivity contribution is -0.111. The first kappa shape index (κ1) is 21.4. The molecule has 1 atom stereocenters. The molecule has 1 heteroatoms. The summed E-state index contributed by atoms with van der Waals surface area (Å²) < 4.78 is 0. The van der Waals surface area contributed by atoms with Gasteiger partial charge in [-0.2, -0.15) is 0 Å². The van der Waals surface area contributed by atoms with Crippen LogP contribution in [0.25, 0.3) is 0 Å². The van der Waals surface area contributed by atoms with Crippen molar-refractivity contribution in [3.8, 4) is 0 Å². The third kappa shape index (κ3) is 9.61. The Labute approximate surface area is 131 Å². The second-order valence-electron chi connectivity index (χ2n) is 4.04. The lowest BCUT2D eigenvalue weighted by Crippen LogP contribution is -2.03. The minimum absolute atomic E-state index is 0.0320. The molecule has 1 aliphatic carbocycles. The number of ketones is 1. The molecule has 0 saturated heterocycles. The maximum Gasteiger partial charge on any atom is 0.185 e. The summed E-state index contributed by atoms with van der Waals surface area (Å²) in [4.78, 5) is 11.9. The van der Waals surface area contributed by atoms with Gasteiger partial charge in [0.05, 0.1) is 0 Å². The lowest BCUT2D eigenvalue weighted by Gasteiger charge is -2.09. The molecule has 0 aliphatic heterocycles. The van der Waals surface area contributed by atoms with Crippen LogP contribution in [0.2, 0.25) is 0 Å². The van der Waals surface area contributed by atoms with Gasteiger partial charge >= 0.3 is 0 Å². The summed E-state index contributed by atoms with van der Waals surface area (Å²) in [6.07, 6.45) is 15.5. The van der Waals surface area contributed by atoms with E-state index in [1.165, 1.54) is 0 Å². The second kappa shape index (κ2) is 14.5. The summed E-state index contributed by atoms with van der Waals surface area (Å²) in [5.41, 5.74) is 1.64. The first-order chi connectivity index (χ1) is 10.2. The molecule has 0 heterocycles.